The molecular weight excluding hydrogens is 302 g/mol. The first-order valence-corrected chi connectivity index (χ1v) is 7.64. The number of carbonyl (C=O) groups excluding carboxylic acids is 1. The van der Waals surface area contributed by atoms with Crippen LogP contribution in [0.2, 0.25) is 0 Å². The second-order valence-electron chi connectivity index (χ2n) is 5.08. The van der Waals surface area contributed by atoms with Crippen molar-refractivity contribution in [3.8, 4) is 0 Å². The van der Waals surface area contributed by atoms with Gasteiger partial charge in [0, 0.05) is 7.05 Å². The highest BCUT2D eigenvalue weighted by Gasteiger charge is 2.14. The zero-order valence-corrected chi connectivity index (χ0v) is 13.1. The summed E-state index contributed by atoms with van der Waals surface area (Å²) in [6.07, 6.45) is 1.42. The molecule has 1 amide bonds. The summed E-state index contributed by atoms with van der Waals surface area (Å²) in [4.78, 5) is 30.9. The van der Waals surface area contributed by atoms with E-state index in [4.69, 9.17) is 4.42 Å². The fraction of sp³-hybridized carbons (Fsp3) is 0.267. The van der Waals surface area contributed by atoms with Crippen molar-refractivity contribution in [2.45, 2.75) is 20.0 Å². The predicted molar refractivity (Wildman–Crippen MR) is 83.8 cm³/mol. The summed E-state index contributed by atoms with van der Waals surface area (Å²) in [6.45, 7) is 2.19. The number of fused-ring (bicyclic) bond motifs is 1. The van der Waals surface area contributed by atoms with Crippen molar-refractivity contribution < 1.29 is 9.21 Å². The van der Waals surface area contributed by atoms with Crippen molar-refractivity contribution in [1.82, 2.24) is 14.5 Å². The monoisotopic (exact) mass is 317 g/mol. The van der Waals surface area contributed by atoms with Gasteiger partial charge in [0.2, 0.25) is 5.91 Å². The number of aromatic nitrogens is 2. The smallest absolute Gasteiger partial charge is 0.262 e. The quantitative estimate of drug-likeness (QED) is 0.738. The SMILES string of the molecule is Cc1ccc(CN(C)C(=O)Cn2cnc3sccc3c2=O)o1. The van der Waals surface area contributed by atoms with Crippen LogP contribution in [0.5, 0.6) is 0 Å². The molecule has 3 heterocycles. The molecule has 6 nitrogen and oxygen atoms in total. The molecule has 0 unspecified atom stereocenters. The second kappa shape index (κ2) is 5.76. The molecule has 3 aromatic rings. The Kier molecular flexibility index (Phi) is 3.81. The average molecular weight is 317 g/mol. The number of nitrogens with zero attached hydrogens (tertiary/aromatic N) is 3. The molecule has 114 valence electrons. The Balaban J connectivity index is 1.74. The minimum absolute atomic E-state index is 0.0339. The van der Waals surface area contributed by atoms with Crippen LogP contribution in [-0.2, 0) is 17.9 Å². The molecule has 0 aromatic carbocycles. The number of hydrogen-bond acceptors (Lipinski definition) is 5. The van der Waals surface area contributed by atoms with Crippen molar-refractivity contribution in [2.24, 2.45) is 0 Å². The number of rotatable bonds is 4. The van der Waals surface area contributed by atoms with E-state index in [2.05, 4.69) is 4.98 Å². The van der Waals surface area contributed by atoms with Crippen molar-refractivity contribution in [3.05, 3.63) is 51.8 Å². The summed E-state index contributed by atoms with van der Waals surface area (Å²) in [5, 5.41) is 2.36. The Morgan fingerprint density at radius 1 is 1.41 bits per heavy atom. The molecule has 0 aliphatic rings. The van der Waals surface area contributed by atoms with Crippen LogP contribution in [-0.4, -0.2) is 27.4 Å². The van der Waals surface area contributed by atoms with Crippen molar-refractivity contribution >= 4 is 27.5 Å². The van der Waals surface area contributed by atoms with E-state index in [9.17, 15) is 9.59 Å². The average Bonchev–Trinajstić information content (AvgIpc) is 3.11. The lowest BCUT2D eigenvalue weighted by Gasteiger charge is -2.16. The normalized spacial score (nSPS) is 11.0. The molecule has 0 atom stereocenters. The summed E-state index contributed by atoms with van der Waals surface area (Å²) < 4.78 is 6.79. The van der Waals surface area contributed by atoms with Crippen LogP contribution in [0.1, 0.15) is 11.5 Å². The molecule has 0 bridgehead atoms. The third-order valence-electron chi connectivity index (χ3n) is 3.37. The van der Waals surface area contributed by atoms with E-state index in [0.717, 1.165) is 5.76 Å². The van der Waals surface area contributed by atoms with Gasteiger partial charge in [0.05, 0.1) is 18.3 Å². The molecule has 0 aliphatic heterocycles. The Morgan fingerprint density at radius 3 is 2.95 bits per heavy atom. The lowest BCUT2D eigenvalue weighted by atomic mass is 10.3. The van der Waals surface area contributed by atoms with Gasteiger partial charge in [-0.1, -0.05) is 0 Å². The minimum Gasteiger partial charge on any atom is -0.464 e. The standard InChI is InChI=1S/C15H15N3O3S/c1-10-3-4-11(21-10)7-17(2)13(19)8-18-9-16-14-12(15(18)20)5-6-22-14/h3-6,9H,7-8H2,1-2H3. The first kappa shape index (κ1) is 14.5. The predicted octanol–water partition coefficient (Wildman–Crippen LogP) is 2.02. The number of likely N-dealkylation sites (N-methyl/N-ethyl adjacent to an activating group) is 1. The van der Waals surface area contributed by atoms with Gasteiger partial charge in [-0.05, 0) is 30.5 Å². The topological polar surface area (TPSA) is 68.3 Å². The maximum absolute atomic E-state index is 12.2. The van der Waals surface area contributed by atoms with Gasteiger partial charge in [0.1, 0.15) is 22.9 Å². The molecule has 0 saturated carbocycles. The van der Waals surface area contributed by atoms with E-state index in [-0.39, 0.29) is 18.0 Å². The zero-order valence-electron chi connectivity index (χ0n) is 12.3. The van der Waals surface area contributed by atoms with E-state index in [1.54, 1.807) is 13.1 Å². The molecule has 0 radical (unpaired) electrons. The Bertz CT molecular complexity index is 877. The number of aryl methyl sites for hydroxylation is 1. The Morgan fingerprint density at radius 2 is 2.23 bits per heavy atom. The third-order valence-corrected chi connectivity index (χ3v) is 4.19. The molecule has 0 aliphatic carbocycles. The van der Waals surface area contributed by atoms with Gasteiger partial charge < -0.3 is 9.32 Å². The van der Waals surface area contributed by atoms with Crippen LogP contribution >= 0.6 is 11.3 Å². The fourth-order valence-electron chi connectivity index (χ4n) is 2.16. The maximum Gasteiger partial charge on any atom is 0.262 e. The molecule has 0 spiro atoms. The molecule has 0 fully saturated rings. The number of amides is 1. The van der Waals surface area contributed by atoms with Gasteiger partial charge in [-0.2, -0.15) is 0 Å². The van der Waals surface area contributed by atoms with Crippen LogP contribution in [0.15, 0.2) is 39.1 Å². The van der Waals surface area contributed by atoms with Crippen molar-refractivity contribution in [1.29, 1.82) is 0 Å². The maximum atomic E-state index is 12.2. The second-order valence-corrected chi connectivity index (χ2v) is 5.97. The molecular formula is C15H15N3O3S. The fourth-order valence-corrected chi connectivity index (χ4v) is 2.89. The molecule has 7 heteroatoms. The highest BCUT2D eigenvalue weighted by molar-refractivity contribution is 7.16. The Hall–Kier alpha value is -2.41. The van der Waals surface area contributed by atoms with E-state index in [0.29, 0.717) is 22.5 Å². The van der Waals surface area contributed by atoms with Crippen molar-refractivity contribution in [3.63, 3.8) is 0 Å². The number of hydrogen-bond donors (Lipinski definition) is 0. The lowest BCUT2D eigenvalue weighted by Crippen LogP contribution is -2.33. The number of carbonyl (C=O) groups is 1. The van der Waals surface area contributed by atoms with Crippen LogP contribution in [0, 0.1) is 6.92 Å². The summed E-state index contributed by atoms with van der Waals surface area (Å²) >= 11 is 1.41. The minimum atomic E-state index is -0.193. The van der Waals surface area contributed by atoms with E-state index in [1.807, 2.05) is 24.4 Å². The first-order chi connectivity index (χ1) is 10.5. The van der Waals surface area contributed by atoms with Crippen LogP contribution in [0.3, 0.4) is 0 Å². The lowest BCUT2D eigenvalue weighted by molar-refractivity contribution is -0.131. The first-order valence-electron chi connectivity index (χ1n) is 6.76. The van der Waals surface area contributed by atoms with Gasteiger partial charge in [-0.3, -0.25) is 14.2 Å². The summed E-state index contributed by atoms with van der Waals surface area (Å²) in [5.41, 5.74) is -0.193. The largest absolute Gasteiger partial charge is 0.464 e. The molecule has 3 rings (SSSR count). The highest BCUT2D eigenvalue weighted by atomic mass is 32.1. The Labute approximate surface area is 130 Å². The van der Waals surface area contributed by atoms with Crippen molar-refractivity contribution in [2.75, 3.05) is 7.05 Å². The van der Waals surface area contributed by atoms with Gasteiger partial charge in [-0.15, -0.1) is 11.3 Å². The van der Waals surface area contributed by atoms with Gasteiger partial charge in [-0.25, -0.2) is 4.98 Å². The molecule has 22 heavy (non-hydrogen) atoms. The molecule has 0 N–H and O–H groups in total. The third kappa shape index (κ3) is 2.80. The highest BCUT2D eigenvalue weighted by Crippen LogP contribution is 2.13. The van der Waals surface area contributed by atoms with Gasteiger partial charge in [0.25, 0.3) is 5.56 Å². The van der Waals surface area contributed by atoms with E-state index >= 15 is 0 Å². The molecule has 3 aromatic heterocycles. The number of thiophene rings is 1. The summed E-state index contributed by atoms with van der Waals surface area (Å²) in [7, 11) is 1.68. The zero-order chi connectivity index (χ0) is 15.7. The van der Waals surface area contributed by atoms with Crippen LogP contribution in [0.4, 0.5) is 0 Å². The van der Waals surface area contributed by atoms with Gasteiger partial charge in [0.15, 0.2) is 0 Å². The van der Waals surface area contributed by atoms with Crippen LogP contribution in [0.25, 0.3) is 10.2 Å². The summed E-state index contributed by atoms with van der Waals surface area (Å²) in [5.74, 6) is 1.35. The summed E-state index contributed by atoms with van der Waals surface area (Å²) in [6, 6.07) is 5.42. The van der Waals surface area contributed by atoms with Crippen LogP contribution < -0.4 is 5.56 Å². The molecule has 0 saturated heterocycles. The number of furan rings is 1. The van der Waals surface area contributed by atoms with E-state index < -0.39 is 0 Å². The van der Waals surface area contributed by atoms with E-state index in [1.165, 1.54) is 27.1 Å². The van der Waals surface area contributed by atoms with Gasteiger partial charge >= 0.3 is 0 Å².